The highest BCUT2D eigenvalue weighted by Crippen LogP contribution is 2.35. The number of carboxylic acid groups (broad SMARTS) is 1. The number of methoxy groups -OCH3 is 1. The summed E-state index contributed by atoms with van der Waals surface area (Å²) in [5.74, 6) is -0.825. The topological polar surface area (TPSA) is 55.8 Å². The van der Waals surface area contributed by atoms with Crippen LogP contribution in [0.1, 0.15) is 13.3 Å². The van der Waals surface area contributed by atoms with E-state index >= 15 is 0 Å². The molecule has 1 N–H and O–H groups in total. The summed E-state index contributed by atoms with van der Waals surface area (Å²) < 4.78 is 10.1. The molecule has 1 heterocycles. The van der Waals surface area contributed by atoms with Gasteiger partial charge in [-0.05, 0) is 13.3 Å². The molecule has 1 aliphatic heterocycles. The molecular weight excluding hydrogens is 160 g/mol. The van der Waals surface area contributed by atoms with Gasteiger partial charge in [-0.3, -0.25) is 4.79 Å². The lowest BCUT2D eigenvalue weighted by atomic mass is 9.83. The number of hydrogen-bond donors (Lipinski definition) is 1. The Bertz CT molecular complexity index is 180. The molecule has 0 aromatic carbocycles. The maximum absolute atomic E-state index is 11.0. The summed E-state index contributed by atoms with van der Waals surface area (Å²) in [7, 11) is 1.51. The first kappa shape index (κ1) is 9.48. The van der Waals surface area contributed by atoms with Crippen LogP contribution in [0.2, 0.25) is 0 Å². The van der Waals surface area contributed by atoms with Crippen LogP contribution >= 0.6 is 0 Å². The van der Waals surface area contributed by atoms with E-state index in [0.717, 1.165) is 0 Å². The zero-order valence-electron chi connectivity index (χ0n) is 7.37. The molecule has 0 amide bonds. The van der Waals surface area contributed by atoms with E-state index in [4.69, 9.17) is 14.6 Å². The quantitative estimate of drug-likeness (QED) is 0.677. The van der Waals surface area contributed by atoms with Gasteiger partial charge in [0, 0.05) is 13.7 Å². The predicted octanol–water partition coefficient (Wildman–Crippen LogP) is 0.513. The number of ether oxygens (including phenoxy) is 2. The van der Waals surface area contributed by atoms with Gasteiger partial charge in [-0.25, -0.2) is 0 Å². The lowest BCUT2D eigenvalue weighted by molar-refractivity contribution is -0.155. The Morgan fingerprint density at radius 1 is 1.83 bits per heavy atom. The van der Waals surface area contributed by atoms with E-state index in [1.807, 2.05) is 0 Å². The molecule has 1 rings (SSSR count). The number of hydrogen-bond acceptors (Lipinski definition) is 3. The van der Waals surface area contributed by atoms with Gasteiger partial charge >= 0.3 is 5.97 Å². The minimum Gasteiger partial charge on any atom is -0.481 e. The Morgan fingerprint density at radius 3 is 2.83 bits per heavy atom. The minimum atomic E-state index is -0.825. The van der Waals surface area contributed by atoms with Crippen LogP contribution in [0, 0.1) is 5.41 Å². The number of carboxylic acids is 1. The molecule has 0 bridgehead atoms. The average molecular weight is 174 g/mol. The second kappa shape index (κ2) is 3.41. The van der Waals surface area contributed by atoms with Gasteiger partial charge in [0.05, 0.1) is 12.7 Å². The van der Waals surface area contributed by atoms with Crippen LogP contribution < -0.4 is 0 Å². The van der Waals surface area contributed by atoms with Crippen molar-refractivity contribution in [3.63, 3.8) is 0 Å². The summed E-state index contributed by atoms with van der Waals surface area (Å²) in [6, 6.07) is 0. The summed E-state index contributed by atoms with van der Waals surface area (Å²) in [6.07, 6.45) is 0.284. The number of aliphatic carboxylic acids is 1. The van der Waals surface area contributed by atoms with E-state index in [-0.39, 0.29) is 12.7 Å². The van der Waals surface area contributed by atoms with Crippen molar-refractivity contribution < 1.29 is 19.4 Å². The Balaban J connectivity index is 2.77. The third kappa shape index (κ3) is 1.32. The summed E-state index contributed by atoms with van der Waals surface area (Å²) in [6.45, 7) is 2.51. The lowest BCUT2D eigenvalue weighted by Gasteiger charge is -2.25. The SMILES string of the molecule is COCC1(C(=O)O)CCOC1C. The second-order valence-electron chi connectivity index (χ2n) is 3.16. The van der Waals surface area contributed by atoms with Crippen molar-refractivity contribution in [2.75, 3.05) is 20.3 Å². The summed E-state index contributed by atoms with van der Waals surface area (Å²) in [5, 5.41) is 9.01. The largest absolute Gasteiger partial charge is 0.481 e. The molecule has 70 valence electrons. The fourth-order valence-corrected chi connectivity index (χ4v) is 1.57. The van der Waals surface area contributed by atoms with Crippen molar-refractivity contribution in [3.8, 4) is 0 Å². The van der Waals surface area contributed by atoms with E-state index < -0.39 is 11.4 Å². The highest BCUT2D eigenvalue weighted by atomic mass is 16.5. The Kier molecular flexibility index (Phi) is 2.69. The molecule has 0 aromatic rings. The third-order valence-electron chi connectivity index (χ3n) is 2.52. The predicted molar refractivity (Wildman–Crippen MR) is 42.0 cm³/mol. The first-order valence-electron chi connectivity index (χ1n) is 3.97. The fraction of sp³-hybridized carbons (Fsp3) is 0.875. The van der Waals surface area contributed by atoms with Gasteiger partial charge in [-0.2, -0.15) is 0 Å². The molecule has 2 atom stereocenters. The van der Waals surface area contributed by atoms with Crippen LogP contribution in [0.15, 0.2) is 0 Å². The molecule has 1 saturated heterocycles. The average Bonchev–Trinajstić information content (AvgIpc) is 2.34. The molecule has 12 heavy (non-hydrogen) atoms. The molecular formula is C8H14O4. The normalized spacial score (nSPS) is 35.3. The van der Waals surface area contributed by atoms with Crippen molar-refractivity contribution in [1.29, 1.82) is 0 Å². The van der Waals surface area contributed by atoms with Gasteiger partial charge in [-0.15, -0.1) is 0 Å². The van der Waals surface area contributed by atoms with Crippen LogP contribution in [0.25, 0.3) is 0 Å². The van der Waals surface area contributed by atoms with Gasteiger partial charge in [-0.1, -0.05) is 0 Å². The Hall–Kier alpha value is -0.610. The van der Waals surface area contributed by atoms with E-state index in [1.165, 1.54) is 7.11 Å². The molecule has 0 saturated carbocycles. The molecule has 2 unspecified atom stereocenters. The highest BCUT2D eigenvalue weighted by Gasteiger charge is 2.48. The summed E-state index contributed by atoms with van der Waals surface area (Å²) in [4.78, 5) is 11.0. The second-order valence-corrected chi connectivity index (χ2v) is 3.16. The van der Waals surface area contributed by atoms with E-state index in [2.05, 4.69) is 0 Å². The lowest BCUT2D eigenvalue weighted by Crippen LogP contribution is -2.41. The van der Waals surface area contributed by atoms with E-state index in [9.17, 15) is 4.79 Å². The fourth-order valence-electron chi connectivity index (χ4n) is 1.57. The Labute approximate surface area is 71.5 Å². The summed E-state index contributed by atoms with van der Waals surface area (Å²) in [5.41, 5.74) is -0.825. The van der Waals surface area contributed by atoms with Crippen LogP contribution in [0.4, 0.5) is 0 Å². The van der Waals surface area contributed by atoms with Crippen molar-refractivity contribution in [1.82, 2.24) is 0 Å². The smallest absolute Gasteiger partial charge is 0.314 e. The van der Waals surface area contributed by atoms with Crippen LogP contribution in [0.3, 0.4) is 0 Å². The van der Waals surface area contributed by atoms with Crippen LogP contribution in [-0.4, -0.2) is 37.5 Å². The van der Waals surface area contributed by atoms with Crippen molar-refractivity contribution in [3.05, 3.63) is 0 Å². The zero-order chi connectivity index (χ0) is 9.19. The highest BCUT2D eigenvalue weighted by molar-refractivity contribution is 5.76. The first-order chi connectivity index (χ1) is 5.63. The number of rotatable bonds is 3. The maximum Gasteiger partial charge on any atom is 0.314 e. The molecule has 0 radical (unpaired) electrons. The van der Waals surface area contributed by atoms with Crippen LogP contribution in [0.5, 0.6) is 0 Å². The Morgan fingerprint density at radius 2 is 2.50 bits per heavy atom. The van der Waals surface area contributed by atoms with Crippen molar-refractivity contribution in [2.45, 2.75) is 19.4 Å². The van der Waals surface area contributed by atoms with Gasteiger partial charge in [0.1, 0.15) is 5.41 Å². The van der Waals surface area contributed by atoms with Gasteiger partial charge in [0.2, 0.25) is 0 Å². The number of carbonyl (C=O) groups is 1. The first-order valence-corrected chi connectivity index (χ1v) is 3.97. The van der Waals surface area contributed by atoms with E-state index in [1.54, 1.807) is 6.92 Å². The molecule has 4 heteroatoms. The van der Waals surface area contributed by atoms with Gasteiger partial charge < -0.3 is 14.6 Å². The zero-order valence-corrected chi connectivity index (χ0v) is 7.37. The molecule has 0 spiro atoms. The molecule has 1 fully saturated rings. The maximum atomic E-state index is 11.0. The van der Waals surface area contributed by atoms with Gasteiger partial charge in [0.25, 0.3) is 0 Å². The van der Waals surface area contributed by atoms with Crippen LogP contribution in [-0.2, 0) is 14.3 Å². The standard InChI is InChI=1S/C8H14O4/c1-6-8(5-11-2,7(9)10)3-4-12-6/h6H,3-5H2,1-2H3,(H,9,10). The molecule has 1 aliphatic rings. The van der Waals surface area contributed by atoms with E-state index in [0.29, 0.717) is 13.0 Å². The monoisotopic (exact) mass is 174 g/mol. The van der Waals surface area contributed by atoms with Crippen molar-refractivity contribution >= 4 is 5.97 Å². The molecule has 4 nitrogen and oxygen atoms in total. The van der Waals surface area contributed by atoms with Crippen molar-refractivity contribution in [2.24, 2.45) is 5.41 Å². The summed E-state index contributed by atoms with van der Waals surface area (Å²) >= 11 is 0. The van der Waals surface area contributed by atoms with Gasteiger partial charge in [0.15, 0.2) is 0 Å². The minimum absolute atomic E-state index is 0.226. The molecule has 0 aromatic heterocycles. The third-order valence-corrected chi connectivity index (χ3v) is 2.52. The molecule has 0 aliphatic carbocycles.